The van der Waals surface area contributed by atoms with Gasteiger partial charge < -0.3 is 4.74 Å². The van der Waals surface area contributed by atoms with E-state index in [4.69, 9.17) is 16.3 Å². The quantitative estimate of drug-likeness (QED) is 0.506. The zero-order chi connectivity index (χ0) is 12.9. The summed E-state index contributed by atoms with van der Waals surface area (Å²) in [6.07, 6.45) is 7.71. The number of hydrogen-bond acceptors (Lipinski definition) is 1. The lowest BCUT2D eigenvalue weighted by Gasteiger charge is -2.43. The van der Waals surface area contributed by atoms with Crippen LogP contribution in [0.4, 0.5) is 0 Å². The number of rotatable bonds is 5. The highest BCUT2D eigenvalue weighted by atomic mass is 35.5. The standard InChI is InChI=1S/C15H29ClO/c1-14(2,3)13-6-9-15(12-16,10-7-13)8-5-11-17-4/h13H,5-12H2,1-4H3. The number of alkyl halides is 1. The minimum Gasteiger partial charge on any atom is -0.385 e. The van der Waals surface area contributed by atoms with Crippen LogP contribution in [0.25, 0.3) is 0 Å². The molecule has 1 saturated carbocycles. The van der Waals surface area contributed by atoms with Gasteiger partial charge in [0.1, 0.15) is 0 Å². The molecule has 17 heavy (non-hydrogen) atoms. The third-order valence-electron chi connectivity index (χ3n) is 4.61. The van der Waals surface area contributed by atoms with E-state index < -0.39 is 0 Å². The Labute approximate surface area is 112 Å². The third-order valence-corrected chi connectivity index (χ3v) is 5.18. The Kier molecular flexibility index (Phi) is 5.79. The molecule has 2 heteroatoms. The molecule has 0 aromatic heterocycles. The van der Waals surface area contributed by atoms with Crippen LogP contribution >= 0.6 is 11.6 Å². The molecule has 0 aromatic carbocycles. The topological polar surface area (TPSA) is 9.23 Å². The van der Waals surface area contributed by atoms with E-state index in [9.17, 15) is 0 Å². The Hall–Kier alpha value is 0.250. The second kappa shape index (κ2) is 6.43. The smallest absolute Gasteiger partial charge is 0.0462 e. The predicted molar refractivity (Wildman–Crippen MR) is 75.7 cm³/mol. The van der Waals surface area contributed by atoms with Crippen molar-refractivity contribution in [2.45, 2.75) is 59.3 Å². The normalized spacial score (nSPS) is 30.5. The lowest BCUT2D eigenvalue weighted by Crippen LogP contribution is -2.34. The molecule has 0 unspecified atom stereocenters. The molecule has 0 amide bonds. The molecule has 0 saturated heterocycles. The van der Waals surface area contributed by atoms with E-state index >= 15 is 0 Å². The van der Waals surface area contributed by atoms with Gasteiger partial charge in [-0.1, -0.05) is 20.8 Å². The first-order valence-corrected chi connectivity index (χ1v) is 7.52. The fourth-order valence-corrected chi connectivity index (χ4v) is 3.54. The van der Waals surface area contributed by atoms with E-state index in [2.05, 4.69) is 20.8 Å². The summed E-state index contributed by atoms with van der Waals surface area (Å²) < 4.78 is 5.15. The monoisotopic (exact) mass is 260 g/mol. The summed E-state index contributed by atoms with van der Waals surface area (Å²) in [5, 5.41) is 0. The zero-order valence-corrected chi connectivity index (χ0v) is 12.8. The lowest BCUT2D eigenvalue weighted by molar-refractivity contribution is 0.0855. The number of methoxy groups -OCH3 is 1. The maximum Gasteiger partial charge on any atom is 0.0462 e. The summed E-state index contributed by atoms with van der Waals surface area (Å²) in [5.74, 6) is 1.70. The SMILES string of the molecule is COCCCC1(CCl)CCC(C(C)(C)C)CC1. The minimum absolute atomic E-state index is 0.405. The molecule has 0 bridgehead atoms. The molecular weight excluding hydrogens is 232 g/mol. The van der Waals surface area contributed by atoms with Crippen LogP contribution in [0.3, 0.4) is 0 Å². The van der Waals surface area contributed by atoms with Crippen LogP contribution in [-0.2, 0) is 4.74 Å². The molecule has 0 radical (unpaired) electrons. The highest BCUT2D eigenvalue weighted by molar-refractivity contribution is 6.18. The fourth-order valence-electron chi connectivity index (χ4n) is 3.14. The molecule has 102 valence electrons. The summed E-state index contributed by atoms with van der Waals surface area (Å²) in [6, 6.07) is 0. The zero-order valence-electron chi connectivity index (χ0n) is 12.0. The van der Waals surface area contributed by atoms with E-state index in [1.165, 1.54) is 32.1 Å². The average Bonchev–Trinajstić information content (AvgIpc) is 2.29. The van der Waals surface area contributed by atoms with Crippen molar-refractivity contribution in [1.29, 1.82) is 0 Å². The van der Waals surface area contributed by atoms with E-state index in [1.807, 2.05) is 0 Å². The molecule has 1 rings (SSSR count). The number of halogens is 1. The Morgan fingerprint density at radius 1 is 1.24 bits per heavy atom. The van der Waals surface area contributed by atoms with Crippen LogP contribution in [0.15, 0.2) is 0 Å². The molecule has 1 nitrogen and oxygen atoms in total. The first-order valence-electron chi connectivity index (χ1n) is 6.98. The highest BCUT2D eigenvalue weighted by Gasteiger charge is 2.37. The molecule has 0 aromatic rings. The first-order chi connectivity index (χ1) is 7.93. The fraction of sp³-hybridized carbons (Fsp3) is 1.00. The van der Waals surface area contributed by atoms with Crippen molar-refractivity contribution >= 4 is 11.6 Å². The largest absolute Gasteiger partial charge is 0.385 e. The maximum atomic E-state index is 6.24. The van der Waals surface area contributed by atoms with Gasteiger partial charge in [0.05, 0.1) is 0 Å². The summed E-state index contributed by atoms with van der Waals surface area (Å²) in [7, 11) is 1.78. The Bertz CT molecular complexity index is 211. The Morgan fingerprint density at radius 3 is 2.24 bits per heavy atom. The van der Waals surface area contributed by atoms with Crippen molar-refractivity contribution in [3.8, 4) is 0 Å². The van der Waals surface area contributed by atoms with Crippen LogP contribution < -0.4 is 0 Å². The van der Waals surface area contributed by atoms with Gasteiger partial charge in [-0.05, 0) is 55.3 Å². The van der Waals surface area contributed by atoms with Crippen molar-refractivity contribution in [3.05, 3.63) is 0 Å². The maximum absolute atomic E-state index is 6.24. The second-order valence-corrected chi connectivity index (χ2v) is 7.14. The van der Waals surface area contributed by atoms with Crippen molar-refractivity contribution in [2.24, 2.45) is 16.7 Å². The van der Waals surface area contributed by atoms with Crippen molar-refractivity contribution in [1.82, 2.24) is 0 Å². The molecule has 0 heterocycles. The summed E-state index contributed by atoms with van der Waals surface area (Å²) >= 11 is 6.24. The van der Waals surface area contributed by atoms with Gasteiger partial charge in [-0.15, -0.1) is 11.6 Å². The Balaban J connectivity index is 2.45. The molecule has 0 atom stereocenters. The molecule has 1 aliphatic rings. The molecule has 0 aliphatic heterocycles. The summed E-state index contributed by atoms with van der Waals surface area (Å²) in [5.41, 5.74) is 0.868. The first kappa shape index (κ1) is 15.3. The van der Waals surface area contributed by atoms with Crippen LogP contribution in [0.2, 0.25) is 0 Å². The average molecular weight is 261 g/mol. The van der Waals surface area contributed by atoms with Crippen molar-refractivity contribution < 1.29 is 4.74 Å². The number of hydrogen-bond donors (Lipinski definition) is 0. The van der Waals surface area contributed by atoms with Gasteiger partial charge in [0.2, 0.25) is 0 Å². The third kappa shape index (κ3) is 4.44. The van der Waals surface area contributed by atoms with Gasteiger partial charge in [-0.25, -0.2) is 0 Å². The molecular formula is C15H29ClO. The van der Waals surface area contributed by atoms with Gasteiger partial charge in [0.25, 0.3) is 0 Å². The van der Waals surface area contributed by atoms with Gasteiger partial charge in [0, 0.05) is 19.6 Å². The van der Waals surface area contributed by atoms with Crippen LogP contribution in [0.5, 0.6) is 0 Å². The van der Waals surface area contributed by atoms with Gasteiger partial charge in [-0.2, -0.15) is 0 Å². The molecule has 0 spiro atoms. The highest BCUT2D eigenvalue weighted by Crippen LogP contribution is 2.48. The van der Waals surface area contributed by atoms with Crippen LogP contribution in [0.1, 0.15) is 59.3 Å². The van der Waals surface area contributed by atoms with Gasteiger partial charge in [-0.3, -0.25) is 0 Å². The van der Waals surface area contributed by atoms with E-state index in [-0.39, 0.29) is 0 Å². The van der Waals surface area contributed by atoms with E-state index in [0.29, 0.717) is 10.8 Å². The van der Waals surface area contributed by atoms with E-state index in [0.717, 1.165) is 24.8 Å². The minimum atomic E-state index is 0.405. The Morgan fingerprint density at radius 2 is 1.82 bits per heavy atom. The lowest BCUT2D eigenvalue weighted by atomic mass is 9.63. The van der Waals surface area contributed by atoms with Crippen LogP contribution in [-0.4, -0.2) is 19.6 Å². The molecule has 1 fully saturated rings. The van der Waals surface area contributed by atoms with Crippen LogP contribution in [0, 0.1) is 16.7 Å². The summed E-state index contributed by atoms with van der Waals surface area (Å²) in [4.78, 5) is 0. The predicted octanol–water partition coefficient (Wildman–Crippen LogP) is 4.87. The van der Waals surface area contributed by atoms with E-state index in [1.54, 1.807) is 7.11 Å². The van der Waals surface area contributed by atoms with Crippen molar-refractivity contribution in [2.75, 3.05) is 19.6 Å². The van der Waals surface area contributed by atoms with Gasteiger partial charge >= 0.3 is 0 Å². The number of ether oxygens (including phenoxy) is 1. The summed E-state index contributed by atoms with van der Waals surface area (Å²) in [6.45, 7) is 7.99. The van der Waals surface area contributed by atoms with Gasteiger partial charge in [0.15, 0.2) is 0 Å². The van der Waals surface area contributed by atoms with Crippen molar-refractivity contribution in [3.63, 3.8) is 0 Å². The molecule has 0 N–H and O–H groups in total. The second-order valence-electron chi connectivity index (χ2n) is 6.87. The molecule has 1 aliphatic carbocycles.